The molecule has 3 heterocycles. The smallest absolute Gasteiger partial charge is 0.266 e. The van der Waals surface area contributed by atoms with Crippen molar-refractivity contribution in [3.63, 3.8) is 0 Å². The number of rotatable bonds is 2. The lowest BCUT2D eigenvalue weighted by molar-refractivity contribution is -0.0224. The van der Waals surface area contributed by atoms with Gasteiger partial charge in [-0.05, 0) is 13.3 Å². The first-order valence-corrected chi connectivity index (χ1v) is 7.97. The Morgan fingerprint density at radius 3 is 3.00 bits per heavy atom. The topological polar surface area (TPSA) is 73.4 Å². The van der Waals surface area contributed by atoms with Crippen LogP contribution in [0.5, 0.6) is 0 Å². The molecule has 0 spiro atoms. The Labute approximate surface area is 127 Å². The number of morpholine rings is 1. The van der Waals surface area contributed by atoms with Gasteiger partial charge in [0, 0.05) is 20.1 Å². The maximum absolute atomic E-state index is 12.7. The number of carbonyl (C=O) groups is 1. The van der Waals surface area contributed by atoms with Crippen molar-refractivity contribution in [3.8, 4) is 0 Å². The van der Waals surface area contributed by atoms with Crippen molar-refractivity contribution >= 4 is 33.1 Å². The lowest BCUT2D eigenvalue weighted by Crippen LogP contribution is -2.45. The first-order chi connectivity index (χ1) is 10.0. The van der Waals surface area contributed by atoms with Gasteiger partial charge in [-0.1, -0.05) is 6.92 Å². The van der Waals surface area contributed by atoms with Crippen LogP contribution in [0.3, 0.4) is 0 Å². The number of amides is 1. The fourth-order valence-corrected chi connectivity index (χ4v) is 3.94. The van der Waals surface area contributed by atoms with Gasteiger partial charge in [0.2, 0.25) is 0 Å². The van der Waals surface area contributed by atoms with Crippen molar-refractivity contribution in [1.29, 1.82) is 0 Å². The van der Waals surface area contributed by atoms with Crippen molar-refractivity contribution in [3.05, 3.63) is 10.6 Å². The molecule has 2 aromatic rings. The fourth-order valence-electron chi connectivity index (χ4n) is 2.78. The van der Waals surface area contributed by atoms with Crippen LogP contribution in [0.2, 0.25) is 0 Å². The lowest BCUT2D eigenvalue weighted by Gasteiger charge is -2.32. The number of aromatic nitrogens is 2. The second kappa shape index (κ2) is 5.31. The minimum absolute atomic E-state index is 0.00912. The van der Waals surface area contributed by atoms with Crippen LogP contribution in [0.25, 0.3) is 10.2 Å². The second-order valence-electron chi connectivity index (χ2n) is 5.39. The number of nitrogen functional groups attached to an aromatic ring is 1. The first kappa shape index (κ1) is 14.3. The first-order valence-electron chi connectivity index (χ1n) is 7.15. The summed E-state index contributed by atoms with van der Waals surface area (Å²) in [4.78, 5) is 16.2. The highest BCUT2D eigenvalue weighted by Gasteiger charge is 2.28. The molecular formula is C14H20N4O2S. The Kier molecular flexibility index (Phi) is 3.62. The molecule has 7 heteroatoms. The van der Waals surface area contributed by atoms with Gasteiger partial charge in [0.05, 0.1) is 29.5 Å². The molecule has 0 aromatic carbocycles. The number of nitrogens with zero attached hydrogens (tertiary/aromatic N) is 3. The molecule has 1 aliphatic heterocycles. The van der Waals surface area contributed by atoms with E-state index in [0.29, 0.717) is 30.3 Å². The highest BCUT2D eigenvalue weighted by atomic mass is 32.1. The van der Waals surface area contributed by atoms with Crippen molar-refractivity contribution in [2.45, 2.75) is 26.4 Å². The third kappa shape index (κ3) is 2.30. The van der Waals surface area contributed by atoms with Crippen LogP contribution in [0, 0.1) is 6.92 Å². The lowest BCUT2D eigenvalue weighted by atomic mass is 10.2. The Bertz CT molecular complexity index is 691. The number of fused-ring (bicyclic) bond motifs is 1. The number of hydrogen-bond acceptors (Lipinski definition) is 5. The molecule has 1 unspecified atom stereocenters. The van der Waals surface area contributed by atoms with Crippen LogP contribution >= 0.6 is 11.3 Å². The maximum Gasteiger partial charge on any atom is 0.266 e. The number of carbonyl (C=O) groups excluding carboxylic acids is 1. The molecule has 0 saturated carbocycles. The van der Waals surface area contributed by atoms with E-state index >= 15 is 0 Å². The number of nitrogens with two attached hydrogens (primary N) is 1. The number of anilines is 1. The molecule has 1 atom stereocenters. The van der Waals surface area contributed by atoms with E-state index < -0.39 is 0 Å². The molecule has 2 aromatic heterocycles. The van der Waals surface area contributed by atoms with Crippen LogP contribution in [0.1, 0.15) is 28.7 Å². The van der Waals surface area contributed by atoms with Gasteiger partial charge in [0.25, 0.3) is 5.91 Å². The number of thiophene rings is 1. The average Bonchev–Trinajstić information content (AvgIpc) is 2.97. The summed E-state index contributed by atoms with van der Waals surface area (Å²) < 4.78 is 7.41. The van der Waals surface area contributed by atoms with Crippen molar-refractivity contribution in [2.75, 3.05) is 25.4 Å². The monoisotopic (exact) mass is 308 g/mol. The molecular weight excluding hydrogens is 288 g/mol. The summed E-state index contributed by atoms with van der Waals surface area (Å²) in [6, 6.07) is 0. The summed E-state index contributed by atoms with van der Waals surface area (Å²) in [5.41, 5.74) is 7.64. The second-order valence-corrected chi connectivity index (χ2v) is 6.39. The van der Waals surface area contributed by atoms with Crippen LogP contribution < -0.4 is 5.73 Å². The minimum Gasteiger partial charge on any atom is -0.397 e. The van der Waals surface area contributed by atoms with Crippen molar-refractivity contribution < 1.29 is 9.53 Å². The van der Waals surface area contributed by atoms with Gasteiger partial charge in [-0.15, -0.1) is 11.3 Å². The Morgan fingerprint density at radius 2 is 2.33 bits per heavy atom. The van der Waals surface area contributed by atoms with Gasteiger partial charge in [0.1, 0.15) is 9.71 Å². The fraction of sp³-hybridized carbons (Fsp3) is 0.571. The molecule has 3 rings (SSSR count). The zero-order valence-electron chi connectivity index (χ0n) is 12.5. The zero-order chi connectivity index (χ0) is 15.1. The highest BCUT2D eigenvalue weighted by molar-refractivity contribution is 7.21. The van der Waals surface area contributed by atoms with Gasteiger partial charge in [0.15, 0.2) is 0 Å². The summed E-state index contributed by atoms with van der Waals surface area (Å²) >= 11 is 1.43. The Morgan fingerprint density at radius 1 is 1.57 bits per heavy atom. The predicted molar refractivity (Wildman–Crippen MR) is 83.7 cm³/mol. The molecule has 21 heavy (non-hydrogen) atoms. The Hall–Kier alpha value is -1.60. The largest absolute Gasteiger partial charge is 0.397 e. The molecule has 1 fully saturated rings. The van der Waals surface area contributed by atoms with Gasteiger partial charge in [-0.2, -0.15) is 5.10 Å². The van der Waals surface area contributed by atoms with Gasteiger partial charge in [-0.3, -0.25) is 9.48 Å². The van der Waals surface area contributed by atoms with Gasteiger partial charge >= 0.3 is 0 Å². The third-order valence-corrected chi connectivity index (χ3v) is 5.22. The quantitative estimate of drug-likeness (QED) is 0.917. The van der Waals surface area contributed by atoms with Gasteiger partial charge < -0.3 is 15.4 Å². The summed E-state index contributed by atoms with van der Waals surface area (Å²) in [6.07, 6.45) is 1.04. The van der Waals surface area contributed by atoms with E-state index in [-0.39, 0.29) is 12.0 Å². The van der Waals surface area contributed by atoms with Crippen molar-refractivity contribution in [1.82, 2.24) is 14.7 Å². The van der Waals surface area contributed by atoms with Crippen LogP contribution in [-0.4, -0.2) is 46.4 Å². The summed E-state index contributed by atoms with van der Waals surface area (Å²) in [5.74, 6) is 0.00912. The van der Waals surface area contributed by atoms with Crippen LogP contribution in [0.4, 0.5) is 5.69 Å². The average molecular weight is 308 g/mol. The summed E-state index contributed by atoms with van der Waals surface area (Å²) in [7, 11) is 1.88. The van der Waals surface area contributed by atoms with Crippen LogP contribution in [-0.2, 0) is 11.8 Å². The number of aryl methyl sites for hydroxylation is 2. The summed E-state index contributed by atoms with van der Waals surface area (Å²) in [5, 5.41) is 5.26. The van der Waals surface area contributed by atoms with E-state index in [9.17, 15) is 4.79 Å². The molecule has 0 radical (unpaired) electrons. The normalized spacial score (nSPS) is 19.4. The number of hydrogen-bond donors (Lipinski definition) is 1. The molecule has 114 valence electrons. The molecule has 0 bridgehead atoms. The zero-order valence-corrected chi connectivity index (χ0v) is 13.4. The molecule has 1 amide bonds. The van der Waals surface area contributed by atoms with E-state index in [1.807, 2.05) is 18.9 Å². The van der Waals surface area contributed by atoms with E-state index in [1.165, 1.54) is 11.3 Å². The third-order valence-electron chi connectivity index (χ3n) is 3.96. The summed E-state index contributed by atoms with van der Waals surface area (Å²) in [6.45, 7) is 5.85. The predicted octanol–water partition coefficient (Wildman–Crippen LogP) is 1.78. The maximum atomic E-state index is 12.7. The van der Waals surface area contributed by atoms with E-state index in [1.54, 1.807) is 4.68 Å². The molecule has 0 aliphatic carbocycles. The number of ether oxygens (including phenoxy) is 1. The SMILES string of the molecule is CCC1CN(C(=O)c2sc3c(c(C)nn3C)c2N)CCO1. The van der Waals surface area contributed by atoms with Crippen molar-refractivity contribution in [2.24, 2.45) is 7.05 Å². The Balaban J connectivity index is 1.94. The van der Waals surface area contributed by atoms with E-state index in [2.05, 4.69) is 12.0 Å². The minimum atomic E-state index is 0.00912. The standard InChI is InChI=1S/C14H20N4O2S/c1-4-9-7-18(5-6-20-9)13(19)12-11(15)10-8(2)16-17(3)14(10)21-12/h9H,4-7,15H2,1-3H3. The van der Waals surface area contributed by atoms with E-state index in [4.69, 9.17) is 10.5 Å². The highest BCUT2D eigenvalue weighted by Crippen LogP contribution is 2.36. The van der Waals surface area contributed by atoms with E-state index in [0.717, 1.165) is 22.3 Å². The molecule has 1 aliphatic rings. The molecule has 2 N–H and O–H groups in total. The molecule has 6 nitrogen and oxygen atoms in total. The van der Waals surface area contributed by atoms with Crippen LogP contribution in [0.15, 0.2) is 0 Å². The van der Waals surface area contributed by atoms with Gasteiger partial charge in [-0.25, -0.2) is 0 Å². The molecule has 1 saturated heterocycles.